The molecule has 0 aliphatic carbocycles. The number of aromatic nitrogens is 1. The molecular formula is C24H22N2O5S. The molecule has 1 aromatic heterocycles. The van der Waals surface area contributed by atoms with E-state index in [-0.39, 0.29) is 9.79 Å². The zero-order chi connectivity index (χ0) is 22.7. The summed E-state index contributed by atoms with van der Waals surface area (Å²) in [6.45, 7) is 0. The van der Waals surface area contributed by atoms with Gasteiger partial charge in [0.05, 0.1) is 37.4 Å². The van der Waals surface area contributed by atoms with Crippen molar-refractivity contribution in [2.75, 3.05) is 26.6 Å². The third-order valence-corrected chi connectivity index (χ3v) is 6.80. The third-order valence-electron chi connectivity index (χ3n) is 5.02. The summed E-state index contributed by atoms with van der Waals surface area (Å²) < 4.78 is 43.2. The van der Waals surface area contributed by atoms with Gasteiger partial charge in [-0.3, -0.25) is 4.98 Å². The van der Waals surface area contributed by atoms with E-state index in [0.29, 0.717) is 39.5 Å². The molecule has 0 bridgehead atoms. The Morgan fingerprint density at radius 3 is 2.22 bits per heavy atom. The summed E-state index contributed by atoms with van der Waals surface area (Å²) in [5, 5.41) is 3.83. The van der Waals surface area contributed by atoms with E-state index < -0.39 is 9.84 Å². The standard InChI is InChI=1S/C24H22N2O5S/c1-29-17-9-7-8-16(12-17)26-24-19-13-21(30-2)22(31-3)14-20(19)25-15-23(24)32(27,28)18-10-5-4-6-11-18/h4-15H,1-3H3,(H,25,26). The highest BCUT2D eigenvalue weighted by Gasteiger charge is 2.25. The second-order valence-corrected chi connectivity index (χ2v) is 8.81. The van der Waals surface area contributed by atoms with Crippen molar-refractivity contribution in [3.8, 4) is 17.2 Å². The van der Waals surface area contributed by atoms with Crippen molar-refractivity contribution >= 4 is 32.1 Å². The van der Waals surface area contributed by atoms with Gasteiger partial charge in [0.1, 0.15) is 10.6 Å². The highest BCUT2D eigenvalue weighted by molar-refractivity contribution is 7.91. The summed E-state index contributed by atoms with van der Waals surface area (Å²) >= 11 is 0. The number of pyridine rings is 1. The van der Waals surface area contributed by atoms with Crippen LogP contribution in [-0.4, -0.2) is 34.7 Å². The highest BCUT2D eigenvalue weighted by Crippen LogP contribution is 2.40. The number of rotatable bonds is 7. The minimum Gasteiger partial charge on any atom is -0.497 e. The molecule has 0 saturated heterocycles. The van der Waals surface area contributed by atoms with Gasteiger partial charge in [-0.05, 0) is 30.3 Å². The first-order valence-electron chi connectivity index (χ1n) is 9.74. The predicted octanol–water partition coefficient (Wildman–Crippen LogP) is 4.84. The molecule has 1 N–H and O–H groups in total. The Labute approximate surface area is 186 Å². The molecular weight excluding hydrogens is 428 g/mol. The van der Waals surface area contributed by atoms with E-state index in [1.54, 1.807) is 55.6 Å². The zero-order valence-corrected chi connectivity index (χ0v) is 18.6. The van der Waals surface area contributed by atoms with Gasteiger partial charge < -0.3 is 19.5 Å². The van der Waals surface area contributed by atoms with Crippen LogP contribution in [0, 0.1) is 0 Å². The maximum absolute atomic E-state index is 13.5. The van der Waals surface area contributed by atoms with Crippen LogP contribution in [0.3, 0.4) is 0 Å². The molecule has 4 aromatic rings. The molecule has 7 nitrogen and oxygen atoms in total. The molecule has 164 valence electrons. The molecule has 0 aliphatic heterocycles. The summed E-state index contributed by atoms with van der Waals surface area (Å²) in [6, 6.07) is 18.9. The maximum Gasteiger partial charge on any atom is 0.210 e. The number of methoxy groups -OCH3 is 3. The van der Waals surface area contributed by atoms with E-state index >= 15 is 0 Å². The number of anilines is 2. The normalized spacial score (nSPS) is 11.2. The largest absolute Gasteiger partial charge is 0.497 e. The van der Waals surface area contributed by atoms with Crippen LogP contribution in [0.4, 0.5) is 11.4 Å². The molecule has 0 amide bonds. The molecule has 0 radical (unpaired) electrons. The summed E-state index contributed by atoms with van der Waals surface area (Å²) in [4.78, 5) is 4.64. The fraction of sp³-hybridized carbons (Fsp3) is 0.125. The van der Waals surface area contributed by atoms with Gasteiger partial charge in [0.2, 0.25) is 9.84 Å². The Morgan fingerprint density at radius 1 is 0.812 bits per heavy atom. The van der Waals surface area contributed by atoms with E-state index in [4.69, 9.17) is 14.2 Å². The van der Waals surface area contributed by atoms with Gasteiger partial charge in [0.25, 0.3) is 0 Å². The van der Waals surface area contributed by atoms with Gasteiger partial charge in [0, 0.05) is 29.4 Å². The van der Waals surface area contributed by atoms with Gasteiger partial charge >= 0.3 is 0 Å². The van der Waals surface area contributed by atoms with E-state index in [1.165, 1.54) is 20.4 Å². The monoisotopic (exact) mass is 450 g/mol. The number of nitrogens with zero attached hydrogens (tertiary/aromatic N) is 1. The van der Waals surface area contributed by atoms with Gasteiger partial charge in [-0.2, -0.15) is 0 Å². The molecule has 32 heavy (non-hydrogen) atoms. The molecule has 1 heterocycles. The second kappa shape index (κ2) is 8.76. The van der Waals surface area contributed by atoms with Crippen molar-refractivity contribution in [3.05, 3.63) is 72.9 Å². The predicted molar refractivity (Wildman–Crippen MR) is 123 cm³/mol. The zero-order valence-electron chi connectivity index (χ0n) is 17.8. The molecule has 8 heteroatoms. The first-order valence-corrected chi connectivity index (χ1v) is 11.2. The number of hydrogen-bond donors (Lipinski definition) is 1. The molecule has 0 aliphatic rings. The lowest BCUT2D eigenvalue weighted by Gasteiger charge is -2.17. The Morgan fingerprint density at radius 2 is 1.53 bits per heavy atom. The molecule has 4 rings (SSSR count). The van der Waals surface area contributed by atoms with Gasteiger partial charge in [-0.25, -0.2) is 8.42 Å². The number of hydrogen-bond acceptors (Lipinski definition) is 7. The first-order chi connectivity index (χ1) is 15.5. The molecule has 0 fully saturated rings. The van der Waals surface area contributed by atoms with Crippen molar-refractivity contribution in [2.45, 2.75) is 9.79 Å². The Balaban J connectivity index is 2.00. The van der Waals surface area contributed by atoms with E-state index in [1.807, 2.05) is 18.2 Å². The lowest BCUT2D eigenvalue weighted by molar-refractivity contribution is 0.356. The lowest BCUT2D eigenvalue weighted by Crippen LogP contribution is -2.07. The molecule has 0 spiro atoms. The first kappa shape index (κ1) is 21.5. The number of fused-ring (bicyclic) bond motifs is 1. The number of nitrogens with one attached hydrogen (secondary N) is 1. The SMILES string of the molecule is COc1cccc(Nc2c(S(=O)(=O)c3ccccc3)cnc3cc(OC)c(OC)cc23)c1. The smallest absolute Gasteiger partial charge is 0.210 e. The van der Waals surface area contributed by atoms with Crippen LogP contribution in [0.5, 0.6) is 17.2 Å². The Hall–Kier alpha value is -3.78. The van der Waals surface area contributed by atoms with Crippen LogP contribution in [0.25, 0.3) is 10.9 Å². The van der Waals surface area contributed by atoms with Gasteiger partial charge in [-0.15, -0.1) is 0 Å². The van der Waals surface area contributed by atoms with Crippen molar-refractivity contribution in [3.63, 3.8) is 0 Å². The second-order valence-electron chi connectivity index (χ2n) is 6.90. The average molecular weight is 451 g/mol. The summed E-state index contributed by atoms with van der Waals surface area (Å²) in [7, 11) is 0.772. The van der Waals surface area contributed by atoms with Crippen LogP contribution >= 0.6 is 0 Å². The van der Waals surface area contributed by atoms with Crippen LogP contribution in [0.2, 0.25) is 0 Å². The van der Waals surface area contributed by atoms with Crippen molar-refractivity contribution in [1.82, 2.24) is 4.98 Å². The van der Waals surface area contributed by atoms with Gasteiger partial charge in [0.15, 0.2) is 11.5 Å². The van der Waals surface area contributed by atoms with Crippen LogP contribution < -0.4 is 19.5 Å². The van der Waals surface area contributed by atoms with E-state index in [9.17, 15) is 8.42 Å². The van der Waals surface area contributed by atoms with Crippen LogP contribution in [0.1, 0.15) is 0 Å². The van der Waals surface area contributed by atoms with Crippen molar-refractivity contribution in [2.24, 2.45) is 0 Å². The molecule has 0 atom stereocenters. The topological polar surface area (TPSA) is 86.8 Å². The number of sulfone groups is 1. The van der Waals surface area contributed by atoms with Crippen molar-refractivity contribution < 1.29 is 22.6 Å². The maximum atomic E-state index is 13.5. The van der Waals surface area contributed by atoms with Crippen molar-refractivity contribution in [1.29, 1.82) is 0 Å². The fourth-order valence-electron chi connectivity index (χ4n) is 3.41. The minimum absolute atomic E-state index is 0.0474. The minimum atomic E-state index is -3.86. The van der Waals surface area contributed by atoms with E-state index in [0.717, 1.165) is 0 Å². The summed E-state index contributed by atoms with van der Waals surface area (Å²) in [5.74, 6) is 1.60. The molecule has 3 aromatic carbocycles. The lowest BCUT2D eigenvalue weighted by atomic mass is 10.1. The summed E-state index contributed by atoms with van der Waals surface area (Å²) in [6.07, 6.45) is 1.36. The van der Waals surface area contributed by atoms with Crippen LogP contribution in [0.15, 0.2) is 82.7 Å². The van der Waals surface area contributed by atoms with Gasteiger partial charge in [-0.1, -0.05) is 24.3 Å². The molecule has 0 unspecified atom stereocenters. The van der Waals surface area contributed by atoms with Crippen LogP contribution in [-0.2, 0) is 9.84 Å². The Bertz CT molecular complexity index is 1370. The summed E-state index contributed by atoms with van der Waals surface area (Å²) in [5.41, 5.74) is 1.60. The number of benzene rings is 3. The quantitative estimate of drug-likeness (QED) is 0.431. The van der Waals surface area contributed by atoms with E-state index in [2.05, 4.69) is 10.3 Å². The third kappa shape index (κ3) is 3.92. The fourth-order valence-corrected chi connectivity index (χ4v) is 4.80. The molecule has 0 saturated carbocycles. The Kier molecular flexibility index (Phi) is 5.87. The highest BCUT2D eigenvalue weighted by atomic mass is 32.2. The average Bonchev–Trinajstić information content (AvgIpc) is 2.83. The number of ether oxygens (including phenoxy) is 3.